The van der Waals surface area contributed by atoms with E-state index in [2.05, 4.69) is 32.0 Å². The van der Waals surface area contributed by atoms with Crippen molar-refractivity contribution in [3.63, 3.8) is 0 Å². The fraction of sp³-hybridized carbons (Fsp3) is 0.579. The van der Waals surface area contributed by atoms with Crippen molar-refractivity contribution in [3.8, 4) is 0 Å². The minimum Gasteiger partial charge on any atom is -0.481 e. The first-order chi connectivity index (χ1) is 11.0. The lowest BCUT2D eigenvalue weighted by Crippen LogP contribution is -2.36. The SMILES string of the molecule is CC(C)CC(=O)N1CCCc2cc(CCCCC(=O)O)ccc21. The molecule has 0 aromatic heterocycles. The lowest BCUT2D eigenvalue weighted by Gasteiger charge is -2.30. The summed E-state index contributed by atoms with van der Waals surface area (Å²) in [6.07, 6.45) is 5.37. The molecule has 4 nitrogen and oxygen atoms in total. The van der Waals surface area contributed by atoms with Gasteiger partial charge in [-0.3, -0.25) is 9.59 Å². The van der Waals surface area contributed by atoms with Crippen molar-refractivity contribution in [2.75, 3.05) is 11.4 Å². The van der Waals surface area contributed by atoms with Crippen molar-refractivity contribution < 1.29 is 14.7 Å². The smallest absolute Gasteiger partial charge is 0.303 e. The number of carbonyl (C=O) groups is 2. The third-order valence-corrected chi connectivity index (χ3v) is 4.25. The highest BCUT2D eigenvalue weighted by atomic mass is 16.4. The van der Waals surface area contributed by atoms with Crippen LogP contribution in [0.3, 0.4) is 0 Å². The van der Waals surface area contributed by atoms with Crippen LogP contribution in [0.5, 0.6) is 0 Å². The Morgan fingerprint density at radius 3 is 2.74 bits per heavy atom. The van der Waals surface area contributed by atoms with Crippen LogP contribution in [0.2, 0.25) is 0 Å². The molecule has 0 bridgehead atoms. The Hall–Kier alpha value is -1.84. The molecule has 0 saturated heterocycles. The topological polar surface area (TPSA) is 57.6 Å². The van der Waals surface area contributed by atoms with Crippen LogP contribution in [-0.2, 0) is 22.4 Å². The number of carbonyl (C=O) groups excluding carboxylic acids is 1. The minimum atomic E-state index is -0.727. The zero-order valence-electron chi connectivity index (χ0n) is 14.2. The number of carboxylic acids is 1. The van der Waals surface area contributed by atoms with Gasteiger partial charge in [0.1, 0.15) is 0 Å². The molecule has 0 atom stereocenters. The lowest BCUT2D eigenvalue weighted by atomic mass is 9.96. The number of rotatable bonds is 7. The molecule has 1 N–H and O–H groups in total. The maximum atomic E-state index is 12.4. The predicted octanol–water partition coefficient (Wildman–Crippen LogP) is 3.81. The largest absolute Gasteiger partial charge is 0.481 e. The summed E-state index contributed by atoms with van der Waals surface area (Å²) in [4.78, 5) is 24.9. The molecule has 1 aromatic rings. The van der Waals surface area contributed by atoms with Crippen LogP contribution in [0.4, 0.5) is 5.69 Å². The molecule has 0 aliphatic carbocycles. The molecule has 1 heterocycles. The van der Waals surface area contributed by atoms with Gasteiger partial charge in [0.15, 0.2) is 0 Å². The Morgan fingerprint density at radius 2 is 2.04 bits per heavy atom. The van der Waals surface area contributed by atoms with Crippen LogP contribution in [-0.4, -0.2) is 23.5 Å². The van der Waals surface area contributed by atoms with Gasteiger partial charge in [0.25, 0.3) is 0 Å². The Balaban J connectivity index is 2.01. The number of aryl methyl sites for hydroxylation is 2. The van der Waals surface area contributed by atoms with Gasteiger partial charge in [0.2, 0.25) is 5.91 Å². The molecule has 4 heteroatoms. The maximum Gasteiger partial charge on any atom is 0.303 e. The van der Waals surface area contributed by atoms with Crippen LogP contribution >= 0.6 is 0 Å². The average molecular weight is 317 g/mol. The molecular formula is C19H27NO3. The molecule has 0 saturated carbocycles. The molecule has 126 valence electrons. The van der Waals surface area contributed by atoms with Gasteiger partial charge >= 0.3 is 5.97 Å². The number of aliphatic carboxylic acids is 1. The van der Waals surface area contributed by atoms with Gasteiger partial charge in [-0.2, -0.15) is 0 Å². The quantitative estimate of drug-likeness (QED) is 0.778. The number of anilines is 1. The second-order valence-electron chi connectivity index (χ2n) is 6.81. The number of hydrogen-bond donors (Lipinski definition) is 1. The zero-order valence-corrected chi connectivity index (χ0v) is 14.2. The van der Waals surface area contributed by atoms with Crippen molar-refractivity contribution in [1.29, 1.82) is 0 Å². The van der Waals surface area contributed by atoms with E-state index in [1.165, 1.54) is 11.1 Å². The fourth-order valence-electron chi connectivity index (χ4n) is 3.13. The number of fused-ring (bicyclic) bond motifs is 1. The van der Waals surface area contributed by atoms with Crippen LogP contribution < -0.4 is 4.90 Å². The molecule has 2 rings (SSSR count). The van der Waals surface area contributed by atoms with Gasteiger partial charge in [-0.1, -0.05) is 26.0 Å². The number of carboxylic acid groups (broad SMARTS) is 1. The van der Waals surface area contributed by atoms with Crippen LogP contribution in [0, 0.1) is 5.92 Å². The average Bonchev–Trinajstić information content (AvgIpc) is 2.49. The molecule has 0 spiro atoms. The highest BCUT2D eigenvalue weighted by Gasteiger charge is 2.22. The summed E-state index contributed by atoms with van der Waals surface area (Å²) in [6.45, 7) is 4.96. The molecule has 0 unspecified atom stereocenters. The fourth-order valence-corrected chi connectivity index (χ4v) is 3.13. The number of unbranched alkanes of at least 4 members (excludes halogenated alkanes) is 1. The van der Waals surface area contributed by atoms with Crippen LogP contribution in [0.15, 0.2) is 18.2 Å². The summed E-state index contributed by atoms with van der Waals surface area (Å²) in [6, 6.07) is 6.35. The molecule has 1 aliphatic rings. The first-order valence-electron chi connectivity index (χ1n) is 8.61. The summed E-state index contributed by atoms with van der Waals surface area (Å²) >= 11 is 0. The second-order valence-corrected chi connectivity index (χ2v) is 6.81. The van der Waals surface area contributed by atoms with Crippen LogP contribution in [0.1, 0.15) is 57.1 Å². The zero-order chi connectivity index (χ0) is 16.8. The van der Waals surface area contributed by atoms with Gasteiger partial charge in [0, 0.05) is 25.1 Å². The van der Waals surface area contributed by atoms with Gasteiger partial charge < -0.3 is 10.0 Å². The van der Waals surface area contributed by atoms with Gasteiger partial charge in [-0.15, -0.1) is 0 Å². The molecular weight excluding hydrogens is 290 g/mol. The summed E-state index contributed by atoms with van der Waals surface area (Å²) in [7, 11) is 0. The van der Waals surface area contributed by atoms with Crippen LogP contribution in [0.25, 0.3) is 0 Å². The maximum absolute atomic E-state index is 12.4. The predicted molar refractivity (Wildman–Crippen MR) is 91.8 cm³/mol. The molecule has 23 heavy (non-hydrogen) atoms. The molecule has 0 fully saturated rings. The third-order valence-electron chi connectivity index (χ3n) is 4.25. The highest BCUT2D eigenvalue weighted by molar-refractivity contribution is 5.94. The van der Waals surface area contributed by atoms with Crippen molar-refractivity contribution in [2.45, 2.75) is 58.8 Å². The Kier molecular flexibility index (Phi) is 6.20. The number of amides is 1. The number of nitrogens with zero attached hydrogens (tertiary/aromatic N) is 1. The first-order valence-corrected chi connectivity index (χ1v) is 8.61. The van der Waals surface area contributed by atoms with E-state index < -0.39 is 5.97 Å². The van der Waals surface area contributed by atoms with Crippen molar-refractivity contribution in [2.24, 2.45) is 5.92 Å². The van der Waals surface area contributed by atoms with E-state index in [1.54, 1.807) is 0 Å². The van der Waals surface area contributed by atoms with E-state index in [4.69, 9.17) is 5.11 Å². The summed E-state index contributed by atoms with van der Waals surface area (Å²) in [5.74, 6) is -0.133. The van der Waals surface area contributed by atoms with E-state index in [0.29, 0.717) is 18.8 Å². The molecule has 1 aliphatic heterocycles. The Labute approximate surface area is 138 Å². The van der Waals surface area contributed by atoms with Gasteiger partial charge in [0.05, 0.1) is 0 Å². The Bertz CT molecular complexity index is 566. The summed E-state index contributed by atoms with van der Waals surface area (Å²) < 4.78 is 0. The van der Waals surface area contributed by atoms with Gasteiger partial charge in [-0.05, 0) is 55.2 Å². The lowest BCUT2D eigenvalue weighted by molar-refractivity contribution is -0.137. The minimum absolute atomic E-state index is 0.218. The van der Waals surface area contributed by atoms with Crippen molar-refractivity contribution in [1.82, 2.24) is 0 Å². The number of benzene rings is 1. The van der Waals surface area contributed by atoms with Gasteiger partial charge in [-0.25, -0.2) is 0 Å². The van der Waals surface area contributed by atoms with E-state index >= 15 is 0 Å². The van der Waals surface area contributed by atoms with E-state index in [0.717, 1.165) is 37.9 Å². The van der Waals surface area contributed by atoms with E-state index in [1.807, 2.05) is 4.90 Å². The normalized spacial score (nSPS) is 14.0. The standard InChI is InChI=1S/C19H27NO3/c1-14(2)12-18(21)20-11-5-7-16-13-15(9-10-17(16)20)6-3-4-8-19(22)23/h9-10,13-14H,3-8,11-12H2,1-2H3,(H,22,23). The molecule has 1 amide bonds. The van der Waals surface area contributed by atoms with Crippen molar-refractivity contribution >= 4 is 17.6 Å². The summed E-state index contributed by atoms with van der Waals surface area (Å²) in [5.41, 5.74) is 3.56. The first kappa shape index (κ1) is 17.5. The summed E-state index contributed by atoms with van der Waals surface area (Å²) in [5, 5.41) is 8.67. The van der Waals surface area contributed by atoms with E-state index in [9.17, 15) is 9.59 Å². The Morgan fingerprint density at radius 1 is 1.26 bits per heavy atom. The second kappa shape index (κ2) is 8.14. The number of hydrogen-bond acceptors (Lipinski definition) is 2. The van der Waals surface area contributed by atoms with Crippen molar-refractivity contribution in [3.05, 3.63) is 29.3 Å². The molecule has 0 radical (unpaired) electrons. The van der Waals surface area contributed by atoms with E-state index in [-0.39, 0.29) is 12.3 Å². The highest BCUT2D eigenvalue weighted by Crippen LogP contribution is 2.29. The molecule has 1 aromatic carbocycles. The third kappa shape index (κ3) is 5.08. The monoisotopic (exact) mass is 317 g/mol.